The van der Waals surface area contributed by atoms with Crippen LogP contribution in [0.2, 0.25) is 0 Å². The fourth-order valence-corrected chi connectivity index (χ4v) is 2.37. The van der Waals surface area contributed by atoms with Gasteiger partial charge in [-0.2, -0.15) is 0 Å². The Hall–Kier alpha value is -2.54. The molecule has 0 atom stereocenters. The van der Waals surface area contributed by atoms with Gasteiger partial charge in [-0.3, -0.25) is 0 Å². The minimum atomic E-state index is -3.32. The van der Waals surface area contributed by atoms with E-state index in [1.54, 1.807) is 36.4 Å². The van der Waals surface area contributed by atoms with Crippen molar-refractivity contribution in [1.29, 1.82) is 0 Å². The van der Waals surface area contributed by atoms with Crippen LogP contribution in [0.3, 0.4) is 0 Å². The predicted octanol–water partition coefficient (Wildman–Crippen LogP) is 1.98. The highest BCUT2D eigenvalue weighted by molar-refractivity contribution is 7.90. The van der Waals surface area contributed by atoms with E-state index in [2.05, 4.69) is 5.16 Å². The van der Waals surface area contributed by atoms with E-state index in [0.29, 0.717) is 17.1 Å². The maximum absolute atomic E-state index is 11.5. The Balaban J connectivity index is 2.40. The average molecular weight is 306 g/mol. The van der Waals surface area contributed by atoms with Crippen LogP contribution in [0.25, 0.3) is 0 Å². The lowest BCUT2D eigenvalue weighted by molar-refractivity contribution is 0.318. The van der Waals surface area contributed by atoms with E-state index >= 15 is 0 Å². The number of hydrogen-bond acceptors (Lipinski definition) is 5. The zero-order valence-electron chi connectivity index (χ0n) is 11.2. The molecule has 0 bridgehead atoms. The Bertz CT molecular complexity index is 785. The summed E-state index contributed by atoms with van der Waals surface area (Å²) in [7, 11) is -3.32. The largest absolute Gasteiger partial charge is 0.457 e. The van der Waals surface area contributed by atoms with Crippen LogP contribution in [0.5, 0.6) is 11.5 Å². The van der Waals surface area contributed by atoms with Gasteiger partial charge in [-0.15, -0.1) is 0 Å². The quantitative estimate of drug-likeness (QED) is 0.389. The van der Waals surface area contributed by atoms with E-state index in [1.165, 1.54) is 12.1 Å². The average Bonchev–Trinajstić information content (AvgIpc) is 2.46. The third-order valence-electron chi connectivity index (χ3n) is 2.73. The van der Waals surface area contributed by atoms with Crippen LogP contribution in [-0.2, 0) is 9.84 Å². The summed E-state index contributed by atoms with van der Waals surface area (Å²) in [5.41, 5.74) is 5.98. The topological polar surface area (TPSA) is 102 Å². The molecule has 7 heteroatoms. The summed E-state index contributed by atoms with van der Waals surface area (Å²) in [5, 5.41) is 11.7. The third-order valence-corrected chi connectivity index (χ3v) is 3.84. The monoisotopic (exact) mass is 306 g/mol. The fraction of sp³-hybridized carbons (Fsp3) is 0.0714. The van der Waals surface area contributed by atoms with Gasteiger partial charge in [-0.25, -0.2) is 8.42 Å². The smallest absolute Gasteiger partial charge is 0.175 e. The van der Waals surface area contributed by atoms with Crippen LogP contribution in [0, 0.1) is 0 Å². The van der Waals surface area contributed by atoms with Crippen LogP contribution in [0.1, 0.15) is 5.56 Å². The number of sulfone groups is 1. The highest BCUT2D eigenvalue weighted by atomic mass is 32.2. The summed E-state index contributed by atoms with van der Waals surface area (Å²) in [6.07, 6.45) is 1.12. The van der Waals surface area contributed by atoms with Crippen molar-refractivity contribution in [2.24, 2.45) is 10.9 Å². The molecule has 0 spiro atoms. The molecule has 0 amide bonds. The van der Waals surface area contributed by atoms with Gasteiger partial charge in [0.1, 0.15) is 11.5 Å². The van der Waals surface area contributed by atoms with Crippen molar-refractivity contribution in [2.45, 2.75) is 4.90 Å². The van der Waals surface area contributed by atoms with Crippen molar-refractivity contribution < 1.29 is 18.4 Å². The Morgan fingerprint density at radius 3 is 2.57 bits per heavy atom. The Morgan fingerprint density at radius 1 is 1.19 bits per heavy atom. The lowest BCUT2D eigenvalue weighted by Gasteiger charge is -2.10. The van der Waals surface area contributed by atoms with E-state index in [1.807, 2.05) is 0 Å². The van der Waals surface area contributed by atoms with E-state index in [-0.39, 0.29) is 10.7 Å². The lowest BCUT2D eigenvalue weighted by Crippen LogP contribution is -2.14. The zero-order chi connectivity index (χ0) is 15.5. The summed E-state index contributed by atoms with van der Waals surface area (Å²) >= 11 is 0. The van der Waals surface area contributed by atoms with Crippen molar-refractivity contribution in [1.82, 2.24) is 0 Å². The van der Waals surface area contributed by atoms with Crippen LogP contribution < -0.4 is 10.5 Å². The van der Waals surface area contributed by atoms with Gasteiger partial charge in [0, 0.05) is 6.26 Å². The molecule has 3 N–H and O–H groups in total. The Labute approximate surface area is 122 Å². The highest BCUT2D eigenvalue weighted by Crippen LogP contribution is 2.26. The summed E-state index contributed by atoms with van der Waals surface area (Å²) in [6, 6.07) is 12.8. The summed E-state index contributed by atoms with van der Waals surface area (Å²) in [6.45, 7) is 0. The first-order chi connectivity index (χ1) is 9.91. The number of oxime groups is 1. The molecule has 2 aromatic carbocycles. The second-order valence-corrected chi connectivity index (χ2v) is 6.35. The Morgan fingerprint density at radius 2 is 1.90 bits per heavy atom. The summed E-state index contributed by atoms with van der Waals surface area (Å²) in [5.74, 6) is 0.611. The third kappa shape index (κ3) is 3.51. The van der Waals surface area contributed by atoms with Crippen molar-refractivity contribution in [2.75, 3.05) is 6.26 Å². The van der Waals surface area contributed by atoms with Crippen molar-refractivity contribution in [3.63, 3.8) is 0 Å². The first kappa shape index (κ1) is 14.9. The van der Waals surface area contributed by atoms with Gasteiger partial charge in [0.05, 0.1) is 10.5 Å². The van der Waals surface area contributed by atoms with Crippen LogP contribution >= 0.6 is 0 Å². The molecular formula is C14H14N2O4S. The maximum Gasteiger partial charge on any atom is 0.175 e. The Kier molecular flexibility index (Phi) is 4.13. The molecule has 0 heterocycles. The number of rotatable bonds is 4. The fourth-order valence-electron chi connectivity index (χ4n) is 1.72. The van der Waals surface area contributed by atoms with Gasteiger partial charge in [0.2, 0.25) is 0 Å². The lowest BCUT2D eigenvalue weighted by atomic mass is 10.2. The second kappa shape index (κ2) is 5.84. The van der Waals surface area contributed by atoms with Crippen LogP contribution in [0.4, 0.5) is 0 Å². The summed E-state index contributed by atoms with van der Waals surface area (Å²) < 4.78 is 28.7. The SMILES string of the molecule is CS(=O)(=O)c1cccc(Oc2ccccc2/C(N)=N/O)c1. The minimum absolute atomic E-state index is 0.0927. The predicted molar refractivity (Wildman–Crippen MR) is 78.6 cm³/mol. The van der Waals surface area contributed by atoms with E-state index < -0.39 is 9.84 Å². The summed E-state index contributed by atoms with van der Waals surface area (Å²) in [4.78, 5) is 0.154. The molecule has 0 aliphatic heterocycles. The molecule has 2 aromatic rings. The molecule has 0 aliphatic rings. The number of nitrogens with zero attached hydrogens (tertiary/aromatic N) is 1. The van der Waals surface area contributed by atoms with Gasteiger partial charge < -0.3 is 15.7 Å². The number of para-hydroxylation sites is 1. The molecule has 0 fully saturated rings. The molecule has 2 rings (SSSR count). The van der Waals surface area contributed by atoms with E-state index in [4.69, 9.17) is 15.7 Å². The highest BCUT2D eigenvalue weighted by Gasteiger charge is 2.11. The first-order valence-corrected chi connectivity index (χ1v) is 7.86. The minimum Gasteiger partial charge on any atom is -0.457 e. The zero-order valence-corrected chi connectivity index (χ0v) is 12.0. The molecule has 6 nitrogen and oxygen atoms in total. The van der Waals surface area contributed by atoms with E-state index in [0.717, 1.165) is 6.26 Å². The maximum atomic E-state index is 11.5. The molecule has 0 saturated heterocycles. The van der Waals surface area contributed by atoms with Crippen molar-refractivity contribution in [3.05, 3.63) is 54.1 Å². The number of amidine groups is 1. The van der Waals surface area contributed by atoms with Crippen LogP contribution in [-0.4, -0.2) is 25.7 Å². The molecular weight excluding hydrogens is 292 g/mol. The van der Waals surface area contributed by atoms with E-state index in [9.17, 15) is 8.42 Å². The number of hydrogen-bond donors (Lipinski definition) is 2. The molecule has 0 aromatic heterocycles. The second-order valence-electron chi connectivity index (χ2n) is 4.33. The van der Waals surface area contributed by atoms with Gasteiger partial charge in [-0.05, 0) is 30.3 Å². The van der Waals surface area contributed by atoms with Gasteiger partial charge in [0.25, 0.3) is 0 Å². The molecule has 0 radical (unpaired) electrons. The molecule has 0 saturated carbocycles. The van der Waals surface area contributed by atoms with Crippen LogP contribution in [0.15, 0.2) is 58.6 Å². The van der Waals surface area contributed by atoms with Crippen molar-refractivity contribution >= 4 is 15.7 Å². The van der Waals surface area contributed by atoms with Gasteiger partial charge >= 0.3 is 0 Å². The first-order valence-electron chi connectivity index (χ1n) is 5.96. The molecule has 0 unspecified atom stereocenters. The number of nitrogens with two attached hydrogens (primary N) is 1. The standard InChI is InChI=1S/C14H14N2O4S/c1-21(18,19)11-6-4-5-10(9-11)20-13-8-3-2-7-12(13)14(15)16-17/h2-9,17H,1H3,(H2,15,16). The molecule has 0 aliphatic carbocycles. The number of ether oxygens (including phenoxy) is 1. The normalized spacial score (nSPS) is 12.1. The van der Waals surface area contributed by atoms with Gasteiger partial charge in [-0.1, -0.05) is 23.4 Å². The number of benzene rings is 2. The molecule has 110 valence electrons. The van der Waals surface area contributed by atoms with Gasteiger partial charge in [0.15, 0.2) is 15.7 Å². The molecule has 21 heavy (non-hydrogen) atoms. The van der Waals surface area contributed by atoms with Crippen molar-refractivity contribution in [3.8, 4) is 11.5 Å².